The van der Waals surface area contributed by atoms with Crippen molar-refractivity contribution in [2.75, 3.05) is 0 Å². The fourth-order valence-corrected chi connectivity index (χ4v) is 4.82. The maximum Gasteiger partial charge on any atom is 0.277 e. The Kier molecular flexibility index (Phi) is 6.30. The molecule has 0 radical (unpaired) electrons. The highest BCUT2D eigenvalue weighted by atomic mass is 32.2. The SMILES string of the molecule is CC(C)c1cc(C(C)C)c(S(=O)(=O)NN=C2CCCC2)c(C(C)C)c1. The molecule has 0 spiro atoms. The van der Waals surface area contributed by atoms with E-state index in [1.165, 1.54) is 5.56 Å². The molecule has 0 aliphatic heterocycles. The third-order valence-electron chi connectivity index (χ3n) is 4.85. The van der Waals surface area contributed by atoms with Crippen LogP contribution in [0.3, 0.4) is 0 Å². The largest absolute Gasteiger partial charge is 0.277 e. The van der Waals surface area contributed by atoms with Gasteiger partial charge in [0.2, 0.25) is 0 Å². The topological polar surface area (TPSA) is 58.5 Å². The Morgan fingerprint density at radius 3 is 1.76 bits per heavy atom. The molecule has 0 saturated heterocycles. The molecule has 0 amide bonds. The van der Waals surface area contributed by atoms with Crippen molar-refractivity contribution in [3.63, 3.8) is 0 Å². The van der Waals surface area contributed by atoms with Gasteiger partial charge in [0.25, 0.3) is 10.0 Å². The molecule has 0 aromatic heterocycles. The van der Waals surface area contributed by atoms with Crippen LogP contribution >= 0.6 is 0 Å². The van der Waals surface area contributed by atoms with Gasteiger partial charge >= 0.3 is 0 Å². The van der Waals surface area contributed by atoms with Crippen molar-refractivity contribution in [3.05, 3.63) is 28.8 Å². The summed E-state index contributed by atoms with van der Waals surface area (Å²) in [5, 5.41) is 4.21. The maximum absolute atomic E-state index is 13.1. The predicted molar refractivity (Wildman–Crippen MR) is 105 cm³/mol. The molecule has 1 saturated carbocycles. The van der Waals surface area contributed by atoms with Crippen LogP contribution < -0.4 is 4.83 Å². The second-order valence-corrected chi connectivity index (χ2v) is 9.57. The molecule has 1 aliphatic rings. The van der Waals surface area contributed by atoms with E-state index in [0.717, 1.165) is 42.5 Å². The fraction of sp³-hybridized carbons (Fsp3) is 0.650. The van der Waals surface area contributed by atoms with Crippen LogP contribution in [0.25, 0.3) is 0 Å². The van der Waals surface area contributed by atoms with Gasteiger partial charge in [-0.3, -0.25) is 0 Å². The van der Waals surface area contributed by atoms with Crippen LogP contribution in [0.5, 0.6) is 0 Å². The monoisotopic (exact) mass is 364 g/mol. The quantitative estimate of drug-likeness (QED) is 0.699. The average Bonchev–Trinajstić information content (AvgIpc) is 3.05. The molecule has 140 valence electrons. The minimum absolute atomic E-state index is 0.127. The van der Waals surface area contributed by atoms with E-state index in [1.807, 2.05) is 27.7 Å². The van der Waals surface area contributed by atoms with Crippen LogP contribution in [0.15, 0.2) is 22.1 Å². The minimum Gasteiger partial charge on any atom is -0.200 e. The second-order valence-electron chi connectivity index (χ2n) is 7.97. The zero-order chi connectivity index (χ0) is 18.8. The van der Waals surface area contributed by atoms with E-state index in [2.05, 4.69) is 35.9 Å². The van der Waals surface area contributed by atoms with E-state index in [9.17, 15) is 8.42 Å². The van der Waals surface area contributed by atoms with Crippen LogP contribution in [0.2, 0.25) is 0 Å². The summed E-state index contributed by atoms with van der Waals surface area (Å²) in [6.07, 6.45) is 3.97. The zero-order valence-electron chi connectivity index (χ0n) is 16.4. The molecule has 1 aromatic rings. The Hall–Kier alpha value is -1.36. The number of hydrazone groups is 1. The van der Waals surface area contributed by atoms with E-state index in [1.54, 1.807) is 0 Å². The van der Waals surface area contributed by atoms with Gasteiger partial charge in [-0.05, 0) is 60.1 Å². The van der Waals surface area contributed by atoms with Gasteiger partial charge in [0.1, 0.15) is 0 Å². The van der Waals surface area contributed by atoms with Crippen LogP contribution in [0.1, 0.15) is 102 Å². The first-order valence-corrected chi connectivity index (χ1v) is 10.9. The lowest BCUT2D eigenvalue weighted by Crippen LogP contribution is -2.24. The van der Waals surface area contributed by atoms with Crippen LogP contribution in [-0.4, -0.2) is 14.1 Å². The van der Waals surface area contributed by atoms with Crippen molar-refractivity contribution in [1.82, 2.24) is 4.83 Å². The summed E-state index contributed by atoms with van der Waals surface area (Å²) in [6.45, 7) is 12.5. The molecule has 0 atom stereocenters. The summed E-state index contributed by atoms with van der Waals surface area (Å²) in [5.74, 6) is 0.613. The summed E-state index contributed by atoms with van der Waals surface area (Å²) >= 11 is 0. The Labute approximate surface area is 153 Å². The average molecular weight is 365 g/mol. The van der Waals surface area contributed by atoms with Gasteiger partial charge in [-0.1, -0.05) is 53.7 Å². The fourth-order valence-electron chi connectivity index (χ4n) is 3.27. The highest BCUT2D eigenvalue weighted by Gasteiger charge is 2.27. The van der Waals surface area contributed by atoms with Crippen molar-refractivity contribution >= 4 is 15.7 Å². The molecule has 1 aromatic carbocycles. The van der Waals surface area contributed by atoms with Crippen LogP contribution in [0.4, 0.5) is 0 Å². The van der Waals surface area contributed by atoms with Gasteiger partial charge in [0, 0.05) is 5.71 Å². The maximum atomic E-state index is 13.1. The summed E-state index contributed by atoms with van der Waals surface area (Å²) in [7, 11) is -3.68. The molecule has 25 heavy (non-hydrogen) atoms. The number of hydrogen-bond donors (Lipinski definition) is 1. The lowest BCUT2D eigenvalue weighted by molar-refractivity contribution is 0.578. The van der Waals surface area contributed by atoms with Gasteiger partial charge < -0.3 is 0 Å². The molecule has 2 rings (SSSR count). The van der Waals surface area contributed by atoms with Crippen molar-refractivity contribution in [2.45, 2.75) is 89.9 Å². The lowest BCUT2D eigenvalue weighted by atomic mass is 9.89. The van der Waals surface area contributed by atoms with Gasteiger partial charge in [-0.25, -0.2) is 4.83 Å². The lowest BCUT2D eigenvalue weighted by Gasteiger charge is -2.22. The third-order valence-corrected chi connectivity index (χ3v) is 6.19. The zero-order valence-corrected chi connectivity index (χ0v) is 17.2. The molecule has 1 fully saturated rings. The molecule has 4 nitrogen and oxygen atoms in total. The molecular weight excluding hydrogens is 332 g/mol. The summed E-state index contributed by atoms with van der Waals surface area (Å²) in [6, 6.07) is 4.11. The number of sulfonamides is 1. The normalized spacial score (nSPS) is 15.5. The highest BCUT2D eigenvalue weighted by Crippen LogP contribution is 2.35. The van der Waals surface area contributed by atoms with Crippen molar-refractivity contribution in [1.29, 1.82) is 0 Å². The first-order chi connectivity index (χ1) is 11.6. The Balaban J connectivity index is 2.58. The molecule has 0 bridgehead atoms. The number of nitrogens with one attached hydrogen (secondary N) is 1. The third kappa shape index (κ3) is 4.63. The summed E-state index contributed by atoms with van der Waals surface area (Å²) in [5.41, 5.74) is 3.91. The number of hydrogen-bond acceptors (Lipinski definition) is 3. The van der Waals surface area contributed by atoms with Gasteiger partial charge in [-0.2, -0.15) is 13.5 Å². The molecule has 0 heterocycles. The van der Waals surface area contributed by atoms with Crippen LogP contribution in [0, 0.1) is 0 Å². The van der Waals surface area contributed by atoms with E-state index < -0.39 is 10.0 Å². The first-order valence-electron chi connectivity index (χ1n) is 9.38. The number of benzene rings is 1. The van der Waals surface area contributed by atoms with E-state index in [4.69, 9.17) is 0 Å². The molecule has 1 N–H and O–H groups in total. The van der Waals surface area contributed by atoms with E-state index in [0.29, 0.717) is 10.8 Å². The van der Waals surface area contributed by atoms with Gasteiger partial charge in [0.05, 0.1) is 4.90 Å². The Morgan fingerprint density at radius 2 is 1.36 bits per heavy atom. The summed E-state index contributed by atoms with van der Waals surface area (Å²) in [4.78, 5) is 2.94. The number of nitrogens with zero attached hydrogens (tertiary/aromatic N) is 1. The molecule has 5 heteroatoms. The smallest absolute Gasteiger partial charge is 0.200 e. The molecular formula is C20H32N2O2S. The van der Waals surface area contributed by atoms with Crippen molar-refractivity contribution < 1.29 is 8.42 Å². The summed E-state index contributed by atoms with van der Waals surface area (Å²) < 4.78 is 26.2. The first kappa shape index (κ1) is 20.0. The Bertz CT molecular complexity index is 710. The van der Waals surface area contributed by atoms with E-state index in [-0.39, 0.29) is 11.8 Å². The van der Waals surface area contributed by atoms with Crippen molar-refractivity contribution in [3.8, 4) is 0 Å². The van der Waals surface area contributed by atoms with Crippen LogP contribution in [-0.2, 0) is 10.0 Å². The molecule has 1 aliphatic carbocycles. The van der Waals surface area contributed by atoms with Gasteiger partial charge in [-0.15, -0.1) is 0 Å². The van der Waals surface area contributed by atoms with Gasteiger partial charge in [0.15, 0.2) is 0 Å². The highest BCUT2D eigenvalue weighted by molar-refractivity contribution is 7.89. The Morgan fingerprint density at radius 1 is 0.880 bits per heavy atom. The van der Waals surface area contributed by atoms with Crippen molar-refractivity contribution in [2.24, 2.45) is 5.10 Å². The number of rotatable bonds is 6. The van der Waals surface area contributed by atoms with E-state index >= 15 is 0 Å². The molecule has 0 unspecified atom stereocenters. The predicted octanol–water partition coefficient (Wildman–Crippen LogP) is 5.27. The minimum atomic E-state index is -3.68. The standard InChI is InChI=1S/C20H32N2O2S/c1-13(2)16-11-18(14(3)4)20(19(12-16)15(5)6)25(23,24)22-21-17-9-7-8-10-17/h11-15,22H,7-10H2,1-6H3. The second kappa shape index (κ2) is 7.90.